The highest BCUT2D eigenvalue weighted by Gasteiger charge is 2.32. The molecule has 3 nitrogen and oxygen atoms in total. The number of hydrogen-bond acceptors (Lipinski definition) is 3. The van der Waals surface area contributed by atoms with E-state index in [0.717, 1.165) is 17.9 Å². The van der Waals surface area contributed by atoms with Crippen LogP contribution in [0.2, 0.25) is 0 Å². The van der Waals surface area contributed by atoms with Crippen molar-refractivity contribution < 1.29 is 4.42 Å². The monoisotopic (exact) mass is 272 g/mol. The highest BCUT2D eigenvalue weighted by molar-refractivity contribution is 5.82. The Morgan fingerprint density at radius 3 is 2.95 bits per heavy atom. The molecule has 0 bridgehead atoms. The molecular weight excluding hydrogens is 248 g/mol. The summed E-state index contributed by atoms with van der Waals surface area (Å²) in [6, 6.07) is 9.25. The van der Waals surface area contributed by atoms with E-state index >= 15 is 0 Å². The first kappa shape index (κ1) is 13.7. The van der Waals surface area contributed by atoms with Crippen LogP contribution >= 0.6 is 0 Å². The van der Waals surface area contributed by atoms with E-state index in [0.29, 0.717) is 12.6 Å². The number of para-hydroxylation sites is 1. The van der Waals surface area contributed by atoms with Gasteiger partial charge in [-0.15, -0.1) is 0 Å². The van der Waals surface area contributed by atoms with Gasteiger partial charge in [-0.2, -0.15) is 0 Å². The summed E-state index contributed by atoms with van der Waals surface area (Å²) in [7, 11) is 0. The lowest BCUT2D eigenvalue weighted by molar-refractivity contribution is 0.180. The largest absolute Gasteiger partial charge is 0.461 e. The van der Waals surface area contributed by atoms with E-state index < -0.39 is 0 Å². The van der Waals surface area contributed by atoms with Crippen LogP contribution in [-0.4, -0.2) is 24.0 Å². The van der Waals surface area contributed by atoms with Crippen LogP contribution in [0.3, 0.4) is 0 Å². The van der Waals surface area contributed by atoms with Gasteiger partial charge >= 0.3 is 0 Å². The number of aryl methyl sites for hydroxylation is 1. The molecule has 1 saturated heterocycles. The zero-order valence-corrected chi connectivity index (χ0v) is 12.4. The molecule has 0 saturated carbocycles. The first-order chi connectivity index (χ1) is 9.76. The van der Waals surface area contributed by atoms with E-state index in [4.69, 9.17) is 10.2 Å². The third-order valence-electron chi connectivity index (χ3n) is 4.67. The van der Waals surface area contributed by atoms with E-state index in [1.807, 2.05) is 12.1 Å². The average molecular weight is 272 g/mol. The van der Waals surface area contributed by atoms with E-state index in [2.05, 4.69) is 30.9 Å². The van der Waals surface area contributed by atoms with Crippen molar-refractivity contribution in [3.05, 3.63) is 35.6 Å². The van der Waals surface area contributed by atoms with Crippen LogP contribution in [-0.2, 0) is 0 Å². The zero-order chi connectivity index (χ0) is 14.1. The van der Waals surface area contributed by atoms with Crippen LogP contribution in [0.25, 0.3) is 11.0 Å². The molecule has 2 aromatic rings. The van der Waals surface area contributed by atoms with Gasteiger partial charge in [-0.3, -0.25) is 4.90 Å². The summed E-state index contributed by atoms with van der Waals surface area (Å²) in [5.41, 5.74) is 8.41. The second-order valence-corrected chi connectivity index (χ2v) is 5.76. The van der Waals surface area contributed by atoms with Crippen molar-refractivity contribution in [2.24, 2.45) is 5.73 Å². The summed E-state index contributed by atoms with van der Waals surface area (Å²) in [5, 5.41) is 1.22. The van der Waals surface area contributed by atoms with Crippen LogP contribution in [0.15, 0.2) is 28.7 Å². The molecule has 1 aliphatic heterocycles. The van der Waals surface area contributed by atoms with Gasteiger partial charge in [0, 0.05) is 23.5 Å². The SMILES string of the molecule is CCC1CCCN1C(CN)c1c(C)oc2ccccc12. The number of hydrogen-bond donors (Lipinski definition) is 1. The molecule has 1 aromatic heterocycles. The van der Waals surface area contributed by atoms with Crippen molar-refractivity contribution >= 4 is 11.0 Å². The number of furan rings is 1. The van der Waals surface area contributed by atoms with Crippen LogP contribution in [0.5, 0.6) is 0 Å². The quantitative estimate of drug-likeness (QED) is 0.924. The van der Waals surface area contributed by atoms with Crippen LogP contribution < -0.4 is 5.73 Å². The van der Waals surface area contributed by atoms with Crippen molar-refractivity contribution in [3.8, 4) is 0 Å². The Kier molecular flexibility index (Phi) is 3.81. The van der Waals surface area contributed by atoms with Gasteiger partial charge in [0.2, 0.25) is 0 Å². The molecule has 108 valence electrons. The molecule has 2 unspecified atom stereocenters. The number of rotatable bonds is 4. The van der Waals surface area contributed by atoms with Crippen LogP contribution in [0.1, 0.15) is 43.6 Å². The van der Waals surface area contributed by atoms with Crippen molar-refractivity contribution in [2.45, 2.75) is 45.2 Å². The fourth-order valence-corrected chi connectivity index (χ4v) is 3.73. The van der Waals surface area contributed by atoms with Crippen molar-refractivity contribution in [1.29, 1.82) is 0 Å². The molecule has 0 radical (unpaired) electrons. The Bertz CT molecular complexity index is 590. The number of nitrogens with two attached hydrogens (primary N) is 1. The highest BCUT2D eigenvalue weighted by atomic mass is 16.3. The molecular formula is C17H24N2O. The topological polar surface area (TPSA) is 42.4 Å². The normalized spacial score (nSPS) is 21.6. The van der Waals surface area contributed by atoms with E-state index in [9.17, 15) is 0 Å². The molecule has 1 aromatic carbocycles. The van der Waals surface area contributed by atoms with E-state index in [1.54, 1.807) is 0 Å². The average Bonchev–Trinajstić information content (AvgIpc) is 3.05. The maximum Gasteiger partial charge on any atom is 0.134 e. The van der Waals surface area contributed by atoms with E-state index in [1.165, 1.54) is 30.2 Å². The lowest BCUT2D eigenvalue weighted by Gasteiger charge is -2.32. The Morgan fingerprint density at radius 2 is 2.20 bits per heavy atom. The maximum atomic E-state index is 6.14. The molecule has 0 amide bonds. The van der Waals surface area contributed by atoms with Gasteiger partial charge in [0.25, 0.3) is 0 Å². The predicted molar refractivity (Wildman–Crippen MR) is 82.8 cm³/mol. The summed E-state index contributed by atoms with van der Waals surface area (Å²) in [5.74, 6) is 1.02. The fraction of sp³-hybridized carbons (Fsp3) is 0.529. The Hall–Kier alpha value is -1.32. The molecule has 1 aliphatic rings. The number of benzene rings is 1. The van der Waals surface area contributed by atoms with Crippen LogP contribution in [0.4, 0.5) is 0 Å². The summed E-state index contributed by atoms with van der Waals surface area (Å²) >= 11 is 0. The van der Waals surface area contributed by atoms with Crippen molar-refractivity contribution in [1.82, 2.24) is 4.90 Å². The Balaban J connectivity index is 2.05. The molecule has 3 heteroatoms. The van der Waals surface area contributed by atoms with Gasteiger partial charge in [-0.1, -0.05) is 25.1 Å². The van der Waals surface area contributed by atoms with E-state index in [-0.39, 0.29) is 6.04 Å². The number of nitrogens with zero attached hydrogens (tertiary/aromatic N) is 1. The lowest BCUT2D eigenvalue weighted by Crippen LogP contribution is -2.37. The highest BCUT2D eigenvalue weighted by Crippen LogP contribution is 2.37. The first-order valence-electron chi connectivity index (χ1n) is 7.70. The summed E-state index contributed by atoms with van der Waals surface area (Å²) < 4.78 is 5.93. The number of fused-ring (bicyclic) bond motifs is 1. The molecule has 20 heavy (non-hydrogen) atoms. The minimum atomic E-state index is 0.283. The van der Waals surface area contributed by atoms with Gasteiger partial charge < -0.3 is 10.2 Å². The van der Waals surface area contributed by atoms with Gasteiger partial charge in [-0.05, 0) is 38.8 Å². The van der Waals surface area contributed by atoms with Crippen molar-refractivity contribution in [3.63, 3.8) is 0 Å². The lowest BCUT2D eigenvalue weighted by atomic mass is 10.00. The Morgan fingerprint density at radius 1 is 1.40 bits per heavy atom. The second-order valence-electron chi connectivity index (χ2n) is 5.76. The van der Waals surface area contributed by atoms with Gasteiger partial charge in [0.05, 0.1) is 6.04 Å². The minimum absolute atomic E-state index is 0.283. The molecule has 2 atom stereocenters. The maximum absolute atomic E-state index is 6.14. The molecule has 2 heterocycles. The summed E-state index contributed by atoms with van der Waals surface area (Å²) in [4.78, 5) is 2.59. The molecule has 0 spiro atoms. The van der Waals surface area contributed by atoms with Gasteiger partial charge in [0.15, 0.2) is 0 Å². The fourth-order valence-electron chi connectivity index (χ4n) is 3.73. The van der Waals surface area contributed by atoms with Gasteiger partial charge in [0.1, 0.15) is 11.3 Å². The standard InChI is InChI=1S/C17H24N2O/c1-3-13-7-6-10-19(13)15(11-18)17-12(2)20-16-9-5-4-8-14(16)17/h4-5,8-9,13,15H,3,6-7,10-11,18H2,1-2H3. The molecule has 0 aliphatic carbocycles. The van der Waals surface area contributed by atoms with Crippen molar-refractivity contribution in [2.75, 3.05) is 13.1 Å². The molecule has 1 fully saturated rings. The molecule has 3 rings (SSSR count). The smallest absolute Gasteiger partial charge is 0.134 e. The third-order valence-corrected chi connectivity index (χ3v) is 4.67. The molecule has 2 N–H and O–H groups in total. The second kappa shape index (κ2) is 5.58. The van der Waals surface area contributed by atoms with Gasteiger partial charge in [-0.25, -0.2) is 0 Å². The first-order valence-corrected chi connectivity index (χ1v) is 7.70. The minimum Gasteiger partial charge on any atom is -0.461 e. The summed E-state index contributed by atoms with van der Waals surface area (Å²) in [6.07, 6.45) is 3.77. The third kappa shape index (κ3) is 2.15. The summed E-state index contributed by atoms with van der Waals surface area (Å²) in [6.45, 7) is 6.14. The zero-order valence-electron chi connectivity index (χ0n) is 12.4. The predicted octanol–water partition coefficient (Wildman–Crippen LogP) is 3.62. The van der Waals surface area contributed by atoms with Crippen LogP contribution in [0, 0.1) is 6.92 Å². The Labute approximate surface area is 120 Å². The number of likely N-dealkylation sites (tertiary alicyclic amines) is 1.